The van der Waals surface area contributed by atoms with Crippen molar-refractivity contribution in [2.75, 3.05) is 17.8 Å². The fourth-order valence-electron chi connectivity index (χ4n) is 2.31. The van der Waals surface area contributed by atoms with E-state index < -0.39 is 0 Å². The summed E-state index contributed by atoms with van der Waals surface area (Å²) in [6.07, 6.45) is 0.206. The van der Waals surface area contributed by atoms with Crippen LogP contribution in [0.1, 0.15) is 12.1 Å². The van der Waals surface area contributed by atoms with Crippen molar-refractivity contribution in [3.05, 3.63) is 46.4 Å². The van der Waals surface area contributed by atoms with E-state index >= 15 is 0 Å². The van der Waals surface area contributed by atoms with Gasteiger partial charge < -0.3 is 4.90 Å². The van der Waals surface area contributed by atoms with E-state index in [0.29, 0.717) is 5.69 Å². The highest BCUT2D eigenvalue weighted by atomic mass is 35.5. The maximum absolute atomic E-state index is 12.7. The van der Waals surface area contributed by atoms with E-state index in [0.717, 1.165) is 11.4 Å². The van der Waals surface area contributed by atoms with E-state index in [1.807, 2.05) is 37.3 Å². The molecule has 2 aromatic rings. The number of carbonyl (C=O) groups is 1. The van der Waals surface area contributed by atoms with Crippen LogP contribution in [0.2, 0.25) is 0 Å². The summed E-state index contributed by atoms with van der Waals surface area (Å²) in [5, 5.41) is 0. The van der Waals surface area contributed by atoms with Crippen LogP contribution in [0.4, 0.5) is 5.69 Å². The largest absolute Gasteiger partial charge is 0.309 e. The molecule has 0 fully saturated rings. The molecule has 0 N–H and O–H groups in total. The van der Waals surface area contributed by atoms with E-state index in [4.69, 9.17) is 11.6 Å². The number of hydrogen-bond donors (Lipinski definition) is 0. The zero-order chi connectivity index (χ0) is 15.6. The normalized spacial score (nSPS) is 10.7. The first-order valence-corrected chi connectivity index (χ1v) is 7.19. The number of rotatable bonds is 4. The van der Waals surface area contributed by atoms with Crippen molar-refractivity contribution in [3.8, 4) is 5.69 Å². The van der Waals surface area contributed by atoms with Crippen LogP contribution in [0.15, 0.2) is 35.1 Å². The predicted octanol–water partition coefficient (Wildman–Crippen LogP) is 2.08. The Bertz CT molecular complexity index is 704. The van der Waals surface area contributed by atoms with Crippen molar-refractivity contribution >= 4 is 23.2 Å². The summed E-state index contributed by atoms with van der Waals surface area (Å²) in [7, 11) is 3.40. The molecule has 0 bridgehead atoms. The van der Waals surface area contributed by atoms with Gasteiger partial charge in [0.2, 0.25) is 5.91 Å². The number of hydrogen-bond acceptors (Lipinski definition) is 2. The lowest BCUT2D eigenvalue weighted by atomic mass is 10.3. The summed E-state index contributed by atoms with van der Waals surface area (Å²) >= 11 is 5.60. The molecule has 1 heterocycles. The number of nitrogens with zero attached hydrogens (tertiary/aromatic N) is 3. The SMILES string of the molecule is Cc1c(N(C)C(=O)CCCl)c(=O)n(-c2ccccc2)n1C. The average molecular weight is 308 g/mol. The van der Waals surface area contributed by atoms with Gasteiger partial charge in [0.1, 0.15) is 5.69 Å². The first-order valence-electron chi connectivity index (χ1n) is 6.65. The molecule has 0 saturated heterocycles. The summed E-state index contributed by atoms with van der Waals surface area (Å²) in [6.45, 7) is 1.82. The number of alkyl halides is 1. The van der Waals surface area contributed by atoms with E-state index in [1.54, 1.807) is 23.5 Å². The second-order valence-electron chi connectivity index (χ2n) is 4.80. The van der Waals surface area contributed by atoms with Crippen molar-refractivity contribution in [1.82, 2.24) is 9.36 Å². The molecule has 0 aliphatic heterocycles. The fraction of sp³-hybridized carbons (Fsp3) is 0.333. The second-order valence-corrected chi connectivity index (χ2v) is 5.18. The Labute approximate surface area is 128 Å². The van der Waals surface area contributed by atoms with Gasteiger partial charge in [0.25, 0.3) is 5.56 Å². The zero-order valence-electron chi connectivity index (χ0n) is 12.3. The van der Waals surface area contributed by atoms with Crippen molar-refractivity contribution in [2.45, 2.75) is 13.3 Å². The molecule has 2 rings (SSSR count). The molecule has 1 aromatic carbocycles. The minimum absolute atomic E-state index is 0.170. The third-order valence-corrected chi connectivity index (χ3v) is 3.73. The van der Waals surface area contributed by atoms with Crippen LogP contribution in [-0.2, 0) is 11.8 Å². The van der Waals surface area contributed by atoms with E-state index in [-0.39, 0.29) is 23.8 Å². The molecule has 21 heavy (non-hydrogen) atoms. The van der Waals surface area contributed by atoms with Crippen LogP contribution >= 0.6 is 11.6 Å². The van der Waals surface area contributed by atoms with E-state index in [2.05, 4.69) is 0 Å². The lowest BCUT2D eigenvalue weighted by molar-refractivity contribution is -0.117. The van der Waals surface area contributed by atoms with Crippen LogP contribution in [0.25, 0.3) is 5.69 Å². The molecule has 1 amide bonds. The summed E-state index contributed by atoms with van der Waals surface area (Å²) in [5.41, 5.74) is 1.66. The molecule has 112 valence electrons. The van der Waals surface area contributed by atoms with Gasteiger partial charge in [0.05, 0.1) is 11.4 Å². The molecule has 1 aromatic heterocycles. The number of para-hydroxylation sites is 1. The van der Waals surface area contributed by atoms with Gasteiger partial charge in [0, 0.05) is 26.4 Å². The molecule has 5 nitrogen and oxygen atoms in total. The van der Waals surface area contributed by atoms with Crippen LogP contribution in [-0.4, -0.2) is 28.2 Å². The number of anilines is 1. The quantitative estimate of drug-likeness (QED) is 0.812. The predicted molar refractivity (Wildman–Crippen MR) is 84.5 cm³/mol. The lowest BCUT2D eigenvalue weighted by Gasteiger charge is -2.14. The summed E-state index contributed by atoms with van der Waals surface area (Å²) in [4.78, 5) is 26.1. The Balaban J connectivity index is 2.56. The number of halogens is 1. The molecular weight excluding hydrogens is 290 g/mol. The third-order valence-electron chi connectivity index (χ3n) is 3.54. The molecular formula is C15H18ClN3O2. The molecule has 0 aliphatic rings. The molecule has 0 spiro atoms. The third kappa shape index (κ3) is 2.74. The van der Waals surface area contributed by atoms with Gasteiger partial charge in [-0.3, -0.25) is 14.3 Å². The van der Waals surface area contributed by atoms with Crippen molar-refractivity contribution in [1.29, 1.82) is 0 Å². The molecule has 6 heteroatoms. The molecule has 0 radical (unpaired) electrons. The van der Waals surface area contributed by atoms with Crippen molar-refractivity contribution in [2.24, 2.45) is 7.05 Å². The number of carbonyl (C=O) groups excluding carboxylic acids is 1. The maximum atomic E-state index is 12.7. The standard InChI is InChI=1S/C15H18ClN3O2/c1-11-14(17(2)13(20)9-10-16)15(21)19(18(11)3)12-7-5-4-6-8-12/h4-8H,9-10H2,1-3H3. The monoisotopic (exact) mass is 307 g/mol. The molecule has 0 aliphatic carbocycles. The minimum Gasteiger partial charge on any atom is -0.309 e. The summed E-state index contributed by atoms with van der Waals surface area (Å²) in [6, 6.07) is 9.33. The van der Waals surface area contributed by atoms with Gasteiger partial charge in [-0.15, -0.1) is 11.6 Å². The first-order chi connectivity index (χ1) is 9.99. The average Bonchev–Trinajstić information content (AvgIpc) is 2.70. The van der Waals surface area contributed by atoms with E-state index in [9.17, 15) is 9.59 Å². The lowest BCUT2D eigenvalue weighted by Crippen LogP contribution is -2.31. The highest BCUT2D eigenvalue weighted by Crippen LogP contribution is 2.17. The zero-order valence-corrected chi connectivity index (χ0v) is 13.1. The first kappa shape index (κ1) is 15.4. The van der Waals surface area contributed by atoms with Gasteiger partial charge >= 0.3 is 0 Å². The van der Waals surface area contributed by atoms with Gasteiger partial charge in [-0.1, -0.05) is 18.2 Å². The summed E-state index contributed by atoms with van der Waals surface area (Å²) in [5.74, 6) is 0.0677. The highest BCUT2D eigenvalue weighted by Gasteiger charge is 2.22. The van der Waals surface area contributed by atoms with Gasteiger partial charge in [-0.2, -0.15) is 0 Å². The number of aromatic nitrogens is 2. The maximum Gasteiger partial charge on any atom is 0.295 e. The molecule has 0 atom stereocenters. The smallest absolute Gasteiger partial charge is 0.295 e. The Morgan fingerprint density at radius 3 is 2.48 bits per heavy atom. The van der Waals surface area contributed by atoms with Crippen molar-refractivity contribution in [3.63, 3.8) is 0 Å². The highest BCUT2D eigenvalue weighted by molar-refractivity contribution is 6.19. The van der Waals surface area contributed by atoms with E-state index in [1.165, 1.54) is 4.90 Å². The molecule has 0 saturated carbocycles. The Hall–Kier alpha value is -2.01. The van der Waals surface area contributed by atoms with Crippen LogP contribution in [0.5, 0.6) is 0 Å². The topological polar surface area (TPSA) is 47.2 Å². The van der Waals surface area contributed by atoms with Crippen LogP contribution in [0, 0.1) is 6.92 Å². The molecule has 0 unspecified atom stereocenters. The van der Waals surface area contributed by atoms with Crippen LogP contribution < -0.4 is 10.5 Å². The van der Waals surface area contributed by atoms with Gasteiger partial charge in [-0.05, 0) is 19.1 Å². The van der Waals surface area contributed by atoms with Crippen molar-refractivity contribution < 1.29 is 4.79 Å². The minimum atomic E-state index is -0.216. The fourth-order valence-corrected chi connectivity index (χ4v) is 2.48. The summed E-state index contributed by atoms with van der Waals surface area (Å²) < 4.78 is 3.30. The van der Waals surface area contributed by atoms with Gasteiger partial charge in [-0.25, -0.2) is 4.68 Å². The Morgan fingerprint density at radius 1 is 1.29 bits per heavy atom. The number of amides is 1. The van der Waals surface area contributed by atoms with Gasteiger partial charge in [0.15, 0.2) is 0 Å². The number of benzene rings is 1. The second kappa shape index (κ2) is 6.18. The van der Waals surface area contributed by atoms with Crippen LogP contribution in [0.3, 0.4) is 0 Å². The Kier molecular flexibility index (Phi) is 4.53. The Morgan fingerprint density at radius 2 is 1.90 bits per heavy atom.